The molecule has 1 heterocycles. The molecule has 2 aromatic carbocycles. The van der Waals surface area contributed by atoms with Crippen molar-refractivity contribution in [2.75, 3.05) is 5.32 Å². The van der Waals surface area contributed by atoms with E-state index in [1.807, 2.05) is 43.3 Å². The van der Waals surface area contributed by atoms with Crippen LogP contribution >= 0.6 is 43.2 Å². The standard InChI is InChI=1S/C16H11Br2NOS/c1-9-6-14(21-15(9)18)16(20)19-13-5-3-10-7-12(17)4-2-11(10)8-13/h2-8H,1H3,(H,19,20). The van der Waals surface area contributed by atoms with Crippen molar-refractivity contribution in [3.63, 3.8) is 0 Å². The van der Waals surface area contributed by atoms with Crippen molar-refractivity contribution in [1.29, 1.82) is 0 Å². The monoisotopic (exact) mass is 423 g/mol. The molecule has 0 radical (unpaired) electrons. The van der Waals surface area contributed by atoms with Gasteiger partial charge in [-0.05, 0) is 69.5 Å². The van der Waals surface area contributed by atoms with Crippen LogP contribution in [0.4, 0.5) is 5.69 Å². The van der Waals surface area contributed by atoms with Crippen LogP contribution in [0.1, 0.15) is 15.2 Å². The van der Waals surface area contributed by atoms with E-state index >= 15 is 0 Å². The molecule has 5 heteroatoms. The molecule has 0 aliphatic heterocycles. The molecule has 1 amide bonds. The molecular formula is C16H11Br2NOS. The lowest BCUT2D eigenvalue weighted by atomic mass is 10.1. The summed E-state index contributed by atoms with van der Waals surface area (Å²) in [6.45, 7) is 1.98. The Bertz CT molecular complexity index is 822. The number of fused-ring (bicyclic) bond motifs is 1. The molecule has 0 atom stereocenters. The fourth-order valence-electron chi connectivity index (χ4n) is 2.06. The predicted molar refractivity (Wildman–Crippen MR) is 96.4 cm³/mol. The van der Waals surface area contributed by atoms with Gasteiger partial charge >= 0.3 is 0 Å². The maximum atomic E-state index is 12.2. The minimum atomic E-state index is -0.0785. The number of hydrogen-bond acceptors (Lipinski definition) is 2. The van der Waals surface area contributed by atoms with Crippen LogP contribution in [-0.2, 0) is 0 Å². The van der Waals surface area contributed by atoms with E-state index in [-0.39, 0.29) is 5.91 Å². The maximum Gasteiger partial charge on any atom is 0.265 e. The van der Waals surface area contributed by atoms with Gasteiger partial charge in [0.2, 0.25) is 0 Å². The number of carbonyl (C=O) groups excluding carboxylic acids is 1. The number of thiophene rings is 1. The molecule has 0 aliphatic rings. The second-order valence-electron chi connectivity index (χ2n) is 4.73. The van der Waals surface area contributed by atoms with E-state index in [2.05, 4.69) is 43.2 Å². The van der Waals surface area contributed by atoms with Gasteiger partial charge in [-0.15, -0.1) is 11.3 Å². The quantitative estimate of drug-likeness (QED) is 0.537. The predicted octanol–water partition coefficient (Wildman–Crippen LogP) is 5.99. The number of rotatable bonds is 2. The highest BCUT2D eigenvalue weighted by molar-refractivity contribution is 9.11. The Balaban J connectivity index is 1.87. The van der Waals surface area contributed by atoms with Crippen molar-refractivity contribution in [1.82, 2.24) is 0 Å². The summed E-state index contributed by atoms with van der Waals surface area (Å²) in [5.74, 6) is -0.0785. The normalized spacial score (nSPS) is 10.8. The SMILES string of the molecule is Cc1cc(C(=O)Nc2ccc3cc(Br)ccc3c2)sc1Br. The molecule has 0 fully saturated rings. The summed E-state index contributed by atoms with van der Waals surface area (Å²) in [5.41, 5.74) is 1.88. The van der Waals surface area contributed by atoms with Gasteiger partial charge in [0.25, 0.3) is 5.91 Å². The van der Waals surface area contributed by atoms with Gasteiger partial charge in [0, 0.05) is 10.2 Å². The molecule has 1 aromatic heterocycles. The van der Waals surface area contributed by atoms with Crippen molar-refractivity contribution in [2.24, 2.45) is 0 Å². The van der Waals surface area contributed by atoms with Crippen molar-refractivity contribution in [3.05, 3.63) is 61.2 Å². The smallest absolute Gasteiger partial charge is 0.265 e. The summed E-state index contributed by atoms with van der Waals surface area (Å²) in [4.78, 5) is 12.9. The number of benzene rings is 2. The Hall–Kier alpha value is -1.17. The molecule has 3 rings (SSSR count). The van der Waals surface area contributed by atoms with Crippen molar-refractivity contribution in [3.8, 4) is 0 Å². The van der Waals surface area contributed by atoms with Gasteiger partial charge in [-0.1, -0.05) is 28.1 Å². The lowest BCUT2D eigenvalue weighted by molar-refractivity contribution is 0.103. The minimum Gasteiger partial charge on any atom is -0.321 e. The van der Waals surface area contributed by atoms with Crippen LogP contribution in [0, 0.1) is 6.92 Å². The first kappa shape index (κ1) is 14.8. The Kier molecular flexibility index (Phi) is 4.15. The van der Waals surface area contributed by atoms with Crippen molar-refractivity contribution in [2.45, 2.75) is 6.92 Å². The molecule has 0 bridgehead atoms. The fraction of sp³-hybridized carbons (Fsp3) is 0.0625. The van der Waals surface area contributed by atoms with Gasteiger partial charge in [-0.3, -0.25) is 4.79 Å². The van der Waals surface area contributed by atoms with Crippen LogP contribution in [-0.4, -0.2) is 5.91 Å². The Morgan fingerprint density at radius 1 is 1.05 bits per heavy atom. The Morgan fingerprint density at radius 3 is 2.48 bits per heavy atom. The first-order valence-corrected chi connectivity index (χ1v) is 8.70. The zero-order valence-corrected chi connectivity index (χ0v) is 15.1. The van der Waals surface area contributed by atoms with Crippen LogP contribution in [0.15, 0.2) is 50.7 Å². The van der Waals surface area contributed by atoms with Gasteiger partial charge in [0.05, 0.1) is 8.66 Å². The average Bonchev–Trinajstić information content (AvgIpc) is 2.79. The molecule has 1 N–H and O–H groups in total. The largest absolute Gasteiger partial charge is 0.321 e. The summed E-state index contributed by atoms with van der Waals surface area (Å²) in [5, 5.41) is 5.18. The minimum absolute atomic E-state index is 0.0785. The molecule has 0 saturated carbocycles. The van der Waals surface area contributed by atoms with Crippen LogP contribution in [0.3, 0.4) is 0 Å². The number of anilines is 1. The van der Waals surface area contributed by atoms with E-state index in [1.54, 1.807) is 0 Å². The number of halogens is 2. The number of amides is 1. The molecule has 0 aliphatic carbocycles. The van der Waals surface area contributed by atoms with Crippen LogP contribution in [0.25, 0.3) is 10.8 Å². The Morgan fingerprint density at radius 2 is 1.76 bits per heavy atom. The van der Waals surface area contributed by atoms with Crippen LogP contribution < -0.4 is 5.32 Å². The summed E-state index contributed by atoms with van der Waals surface area (Å²) in [7, 11) is 0. The molecule has 0 unspecified atom stereocenters. The van der Waals surface area contributed by atoms with Gasteiger partial charge in [-0.2, -0.15) is 0 Å². The fourth-order valence-corrected chi connectivity index (χ4v) is 3.87. The molecule has 2 nitrogen and oxygen atoms in total. The molecular weight excluding hydrogens is 414 g/mol. The molecule has 21 heavy (non-hydrogen) atoms. The van der Waals surface area contributed by atoms with E-state index in [4.69, 9.17) is 0 Å². The third-order valence-corrected chi connectivity index (χ3v) is 5.77. The number of aryl methyl sites for hydroxylation is 1. The second-order valence-corrected chi connectivity index (χ2v) is 8.01. The summed E-state index contributed by atoms with van der Waals surface area (Å²) < 4.78 is 2.04. The van der Waals surface area contributed by atoms with Gasteiger partial charge < -0.3 is 5.32 Å². The third-order valence-electron chi connectivity index (χ3n) is 3.14. The highest BCUT2D eigenvalue weighted by Crippen LogP contribution is 2.28. The lowest BCUT2D eigenvalue weighted by Crippen LogP contribution is -2.09. The number of carbonyl (C=O) groups is 1. The topological polar surface area (TPSA) is 29.1 Å². The van der Waals surface area contributed by atoms with E-state index in [0.717, 1.165) is 30.3 Å². The zero-order valence-electron chi connectivity index (χ0n) is 11.1. The first-order chi connectivity index (χ1) is 10.0. The first-order valence-electron chi connectivity index (χ1n) is 6.29. The van der Waals surface area contributed by atoms with Crippen molar-refractivity contribution < 1.29 is 4.79 Å². The van der Waals surface area contributed by atoms with Crippen LogP contribution in [0.2, 0.25) is 0 Å². The van der Waals surface area contributed by atoms with Gasteiger partial charge in [0.15, 0.2) is 0 Å². The highest BCUT2D eigenvalue weighted by atomic mass is 79.9. The summed E-state index contributed by atoms with van der Waals surface area (Å²) >= 11 is 8.35. The number of hydrogen-bond donors (Lipinski definition) is 1. The third kappa shape index (κ3) is 3.20. The lowest BCUT2D eigenvalue weighted by Gasteiger charge is -2.06. The maximum absolute atomic E-state index is 12.2. The number of nitrogens with one attached hydrogen (secondary N) is 1. The Labute approximate surface area is 143 Å². The van der Waals surface area contributed by atoms with Crippen molar-refractivity contribution >= 4 is 65.6 Å². The molecule has 0 spiro atoms. The van der Waals surface area contributed by atoms with E-state index in [9.17, 15) is 4.79 Å². The van der Waals surface area contributed by atoms with Crippen LogP contribution in [0.5, 0.6) is 0 Å². The van der Waals surface area contributed by atoms with E-state index < -0.39 is 0 Å². The van der Waals surface area contributed by atoms with Gasteiger partial charge in [0.1, 0.15) is 0 Å². The zero-order chi connectivity index (χ0) is 15.0. The summed E-state index contributed by atoms with van der Waals surface area (Å²) in [6.07, 6.45) is 0. The van der Waals surface area contributed by atoms with E-state index in [1.165, 1.54) is 11.3 Å². The average molecular weight is 425 g/mol. The summed E-state index contributed by atoms with van der Waals surface area (Å²) in [6, 6.07) is 13.9. The van der Waals surface area contributed by atoms with Gasteiger partial charge in [-0.25, -0.2) is 0 Å². The highest BCUT2D eigenvalue weighted by Gasteiger charge is 2.11. The van der Waals surface area contributed by atoms with E-state index in [0.29, 0.717) is 4.88 Å². The molecule has 3 aromatic rings. The molecule has 0 saturated heterocycles. The molecule has 106 valence electrons. The second kappa shape index (κ2) is 5.91.